The first-order chi connectivity index (χ1) is 10.6. The predicted octanol–water partition coefficient (Wildman–Crippen LogP) is 2.30. The number of nitrogens with zero attached hydrogens (tertiary/aromatic N) is 3. The molecule has 1 aliphatic heterocycles. The Morgan fingerprint density at radius 1 is 1.41 bits per heavy atom. The minimum absolute atomic E-state index is 0.0708. The molecule has 1 N–H and O–H groups in total. The van der Waals surface area contributed by atoms with Gasteiger partial charge in [-0.3, -0.25) is 14.9 Å². The first-order valence-electron chi connectivity index (χ1n) is 7.25. The Kier molecular flexibility index (Phi) is 5.96. The average molecular weight is 340 g/mol. The topological polar surface area (TPSA) is 75.2 Å². The second kappa shape index (κ2) is 7.73. The maximum atomic E-state index is 12.4. The quantitative estimate of drug-likeness (QED) is 0.833. The van der Waals surface area contributed by atoms with Crippen LogP contribution in [0.5, 0.6) is 0 Å². The van der Waals surface area contributed by atoms with Crippen molar-refractivity contribution in [1.29, 1.82) is 0 Å². The normalized spacial score (nSPS) is 18.6. The van der Waals surface area contributed by atoms with Gasteiger partial charge in [0, 0.05) is 11.3 Å². The summed E-state index contributed by atoms with van der Waals surface area (Å²) in [6.45, 7) is 5.77. The van der Waals surface area contributed by atoms with Crippen molar-refractivity contribution in [2.24, 2.45) is 0 Å². The molecule has 0 radical (unpaired) electrons. The summed E-state index contributed by atoms with van der Waals surface area (Å²) in [6, 6.07) is -0.452. The van der Waals surface area contributed by atoms with Gasteiger partial charge >= 0.3 is 0 Å². The van der Waals surface area contributed by atoms with Crippen LogP contribution in [0.15, 0.2) is 11.6 Å². The zero-order valence-corrected chi connectivity index (χ0v) is 14.6. The van der Waals surface area contributed by atoms with Gasteiger partial charge in [-0.05, 0) is 19.8 Å². The van der Waals surface area contributed by atoms with Crippen LogP contribution in [0.2, 0.25) is 0 Å². The van der Waals surface area contributed by atoms with Crippen LogP contribution in [-0.4, -0.2) is 44.6 Å². The fourth-order valence-corrected chi connectivity index (χ4v) is 3.95. The number of carbonyl (C=O) groups excluding carboxylic acids is 2. The maximum Gasteiger partial charge on any atom is 0.250 e. The van der Waals surface area contributed by atoms with Gasteiger partial charge < -0.3 is 4.90 Å². The fraction of sp³-hybridized carbons (Fsp3) is 0.571. The van der Waals surface area contributed by atoms with E-state index in [1.807, 2.05) is 19.9 Å². The molecule has 1 atom stereocenters. The second-order valence-corrected chi connectivity index (χ2v) is 6.99. The van der Waals surface area contributed by atoms with E-state index in [2.05, 4.69) is 15.5 Å². The maximum absolute atomic E-state index is 12.4. The van der Waals surface area contributed by atoms with Crippen molar-refractivity contribution >= 4 is 40.0 Å². The van der Waals surface area contributed by atoms with Crippen LogP contribution >= 0.6 is 23.1 Å². The van der Waals surface area contributed by atoms with E-state index in [0.29, 0.717) is 22.3 Å². The van der Waals surface area contributed by atoms with Gasteiger partial charge in [-0.1, -0.05) is 31.3 Å². The monoisotopic (exact) mass is 340 g/mol. The molecule has 1 unspecified atom stereocenters. The third kappa shape index (κ3) is 3.86. The number of nitrogens with one attached hydrogen (secondary N) is 1. The molecule has 6 nitrogen and oxygen atoms in total. The smallest absolute Gasteiger partial charge is 0.250 e. The zero-order valence-electron chi connectivity index (χ0n) is 13.0. The van der Waals surface area contributed by atoms with Crippen LogP contribution in [0.1, 0.15) is 32.2 Å². The molecule has 2 rings (SSSR count). The van der Waals surface area contributed by atoms with Crippen molar-refractivity contribution in [3.05, 3.63) is 16.7 Å². The molecule has 1 aromatic heterocycles. The van der Waals surface area contributed by atoms with Gasteiger partial charge in [-0.25, -0.2) is 0 Å². The number of hydrogen-bond donors (Lipinski definition) is 1. The van der Waals surface area contributed by atoms with Crippen LogP contribution in [0.25, 0.3) is 0 Å². The van der Waals surface area contributed by atoms with Gasteiger partial charge in [-0.2, -0.15) is 0 Å². The summed E-state index contributed by atoms with van der Waals surface area (Å²) in [6.07, 6.45) is 3.48. The molecule has 120 valence electrons. The van der Waals surface area contributed by atoms with Crippen molar-refractivity contribution in [2.75, 3.05) is 16.9 Å². The van der Waals surface area contributed by atoms with Gasteiger partial charge in [0.1, 0.15) is 11.0 Å². The number of rotatable bonds is 5. The molecule has 2 amide bonds. The summed E-state index contributed by atoms with van der Waals surface area (Å²) < 4.78 is 0. The Morgan fingerprint density at radius 3 is 2.82 bits per heavy atom. The van der Waals surface area contributed by atoms with Crippen LogP contribution in [0, 0.1) is 0 Å². The molecule has 22 heavy (non-hydrogen) atoms. The molecule has 0 bridgehead atoms. The Labute approximate surface area is 138 Å². The fourth-order valence-electron chi connectivity index (χ4n) is 2.12. The third-order valence-electron chi connectivity index (χ3n) is 3.29. The molecule has 0 spiro atoms. The SMILES string of the molecule is CC/C=C(\C)C(=O)N1CSCC1C(=O)Nc1nnc(CC)s1. The highest BCUT2D eigenvalue weighted by Crippen LogP contribution is 2.25. The number of amides is 2. The third-order valence-corrected chi connectivity index (χ3v) is 5.29. The molecule has 0 aromatic carbocycles. The number of carbonyl (C=O) groups is 2. The van der Waals surface area contributed by atoms with E-state index in [-0.39, 0.29) is 11.8 Å². The summed E-state index contributed by atoms with van der Waals surface area (Å²) in [5, 5.41) is 12.1. The summed E-state index contributed by atoms with van der Waals surface area (Å²) >= 11 is 2.96. The van der Waals surface area contributed by atoms with E-state index in [0.717, 1.165) is 17.8 Å². The number of aromatic nitrogens is 2. The minimum Gasteiger partial charge on any atom is -0.317 e. The highest BCUT2D eigenvalue weighted by molar-refractivity contribution is 7.99. The van der Waals surface area contributed by atoms with Crippen LogP contribution in [0.4, 0.5) is 5.13 Å². The molecule has 1 saturated heterocycles. The first kappa shape index (κ1) is 17.0. The number of aryl methyl sites for hydroxylation is 1. The van der Waals surface area contributed by atoms with Crippen LogP contribution in [0.3, 0.4) is 0 Å². The van der Waals surface area contributed by atoms with E-state index in [1.54, 1.807) is 23.6 Å². The number of thioether (sulfide) groups is 1. The molecule has 1 aromatic rings. The number of anilines is 1. The second-order valence-electron chi connectivity index (χ2n) is 4.93. The predicted molar refractivity (Wildman–Crippen MR) is 89.9 cm³/mol. The lowest BCUT2D eigenvalue weighted by atomic mass is 10.2. The van der Waals surface area contributed by atoms with E-state index in [9.17, 15) is 9.59 Å². The Balaban J connectivity index is 2.04. The Bertz CT molecular complexity index is 585. The molecular weight excluding hydrogens is 320 g/mol. The van der Waals surface area contributed by atoms with Gasteiger partial charge in [0.25, 0.3) is 5.91 Å². The number of allylic oxidation sites excluding steroid dienone is 1. The van der Waals surface area contributed by atoms with E-state index < -0.39 is 6.04 Å². The molecule has 8 heteroatoms. The average Bonchev–Trinajstić information content (AvgIpc) is 3.15. The van der Waals surface area contributed by atoms with Crippen LogP contribution in [-0.2, 0) is 16.0 Å². The summed E-state index contributed by atoms with van der Waals surface area (Å²) in [7, 11) is 0. The van der Waals surface area contributed by atoms with E-state index >= 15 is 0 Å². The summed E-state index contributed by atoms with van der Waals surface area (Å²) in [4.78, 5) is 26.4. The van der Waals surface area contributed by atoms with E-state index in [1.165, 1.54) is 11.3 Å². The lowest BCUT2D eigenvalue weighted by Crippen LogP contribution is -2.44. The standard InChI is InChI=1S/C14H20N4O2S2/c1-4-6-9(3)13(20)18-8-21-7-10(18)12(19)15-14-17-16-11(5-2)22-14/h6,10H,4-5,7-8H2,1-3H3,(H,15,17,19)/b9-6+. The van der Waals surface area contributed by atoms with Crippen molar-refractivity contribution in [3.63, 3.8) is 0 Å². The van der Waals surface area contributed by atoms with Crippen molar-refractivity contribution in [3.8, 4) is 0 Å². The van der Waals surface area contributed by atoms with Gasteiger partial charge in [0.05, 0.1) is 5.88 Å². The van der Waals surface area contributed by atoms with E-state index in [4.69, 9.17) is 0 Å². The largest absolute Gasteiger partial charge is 0.317 e. The Hall–Kier alpha value is -1.41. The molecular formula is C14H20N4O2S2. The van der Waals surface area contributed by atoms with Crippen molar-refractivity contribution in [2.45, 2.75) is 39.7 Å². The van der Waals surface area contributed by atoms with Crippen molar-refractivity contribution < 1.29 is 9.59 Å². The molecule has 0 aliphatic carbocycles. The van der Waals surface area contributed by atoms with Crippen LogP contribution < -0.4 is 5.32 Å². The number of hydrogen-bond acceptors (Lipinski definition) is 6. The van der Waals surface area contributed by atoms with Crippen molar-refractivity contribution in [1.82, 2.24) is 15.1 Å². The molecule has 0 saturated carbocycles. The van der Waals surface area contributed by atoms with Gasteiger partial charge in [0.2, 0.25) is 11.0 Å². The summed E-state index contributed by atoms with van der Waals surface area (Å²) in [5.41, 5.74) is 0.687. The Morgan fingerprint density at radius 2 is 2.18 bits per heavy atom. The van der Waals surface area contributed by atoms with Gasteiger partial charge in [0.15, 0.2) is 0 Å². The molecule has 2 heterocycles. The summed E-state index contributed by atoms with van der Waals surface area (Å²) in [5.74, 6) is 0.887. The lowest BCUT2D eigenvalue weighted by molar-refractivity contribution is -0.133. The lowest BCUT2D eigenvalue weighted by Gasteiger charge is -2.22. The molecule has 1 fully saturated rings. The van der Waals surface area contributed by atoms with Gasteiger partial charge in [-0.15, -0.1) is 22.0 Å². The molecule has 1 aliphatic rings. The highest BCUT2D eigenvalue weighted by Gasteiger charge is 2.35. The minimum atomic E-state index is -0.452. The zero-order chi connectivity index (χ0) is 16.1. The highest BCUT2D eigenvalue weighted by atomic mass is 32.2. The first-order valence-corrected chi connectivity index (χ1v) is 9.22.